The number of rotatable bonds is 8. The number of halogens is 3. The summed E-state index contributed by atoms with van der Waals surface area (Å²) in [7, 11) is 0. The average molecular weight is 608 g/mol. The summed E-state index contributed by atoms with van der Waals surface area (Å²) in [6.45, 7) is 6.81. The van der Waals surface area contributed by atoms with Gasteiger partial charge in [0, 0.05) is 23.7 Å². The van der Waals surface area contributed by atoms with Crippen LogP contribution in [0.15, 0.2) is 84.6 Å². The third-order valence-corrected chi connectivity index (χ3v) is 6.93. The zero-order chi connectivity index (χ0) is 31.5. The van der Waals surface area contributed by atoms with E-state index >= 15 is 0 Å². The molecule has 0 saturated heterocycles. The van der Waals surface area contributed by atoms with Crippen LogP contribution in [0.1, 0.15) is 54.0 Å². The highest BCUT2D eigenvalue weighted by atomic mass is 19.4. The Hall–Kier alpha value is -5.26. The van der Waals surface area contributed by atoms with E-state index in [1.807, 2.05) is 18.2 Å². The number of hydrogen-bond acceptors (Lipinski definition) is 5. The molecule has 9 nitrogen and oxygen atoms in total. The molecule has 44 heavy (non-hydrogen) atoms. The molecule has 0 unspecified atom stereocenters. The van der Waals surface area contributed by atoms with Gasteiger partial charge in [0.15, 0.2) is 0 Å². The van der Waals surface area contributed by atoms with Gasteiger partial charge < -0.3 is 5.32 Å². The minimum atomic E-state index is -4.70. The van der Waals surface area contributed by atoms with Gasteiger partial charge in [0.25, 0.3) is 17.5 Å². The maximum absolute atomic E-state index is 14.4. The SMILES string of the molecule is C.CCN(C(=O)/C(NC(=O)c1cccc(C(F)(F)F)c1)=C(\C)c1ccccc1[N+](=O)[O-])c1c(C)c(C)nn1-c1ccccc1. The van der Waals surface area contributed by atoms with Gasteiger partial charge in [0.05, 0.1) is 27.4 Å². The first-order valence-corrected chi connectivity index (χ1v) is 13.2. The fourth-order valence-corrected chi connectivity index (χ4v) is 4.60. The molecular weight excluding hydrogens is 575 g/mol. The summed E-state index contributed by atoms with van der Waals surface area (Å²) in [4.78, 5) is 40.3. The summed E-state index contributed by atoms with van der Waals surface area (Å²) in [5.41, 5.74) is 0.0376. The molecule has 0 aliphatic carbocycles. The number of carbonyl (C=O) groups excluding carboxylic acids is 2. The molecule has 1 aromatic heterocycles. The largest absolute Gasteiger partial charge is 0.416 e. The van der Waals surface area contributed by atoms with E-state index in [0.29, 0.717) is 28.8 Å². The van der Waals surface area contributed by atoms with Crippen molar-refractivity contribution in [2.24, 2.45) is 0 Å². The number of nitrogens with zero attached hydrogens (tertiary/aromatic N) is 4. The smallest absolute Gasteiger partial charge is 0.317 e. The van der Waals surface area contributed by atoms with E-state index in [4.69, 9.17) is 0 Å². The van der Waals surface area contributed by atoms with Crippen molar-refractivity contribution in [3.63, 3.8) is 0 Å². The van der Waals surface area contributed by atoms with Crippen LogP contribution in [0.3, 0.4) is 0 Å². The van der Waals surface area contributed by atoms with Crippen LogP contribution >= 0.6 is 0 Å². The topological polar surface area (TPSA) is 110 Å². The maximum atomic E-state index is 14.4. The third-order valence-electron chi connectivity index (χ3n) is 6.93. The molecule has 0 saturated carbocycles. The second kappa shape index (κ2) is 13.4. The number of nitro groups is 1. The number of alkyl halides is 3. The lowest BCUT2D eigenvalue weighted by atomic mass is 10.0. The number of carbonyl (C=O) groups is 2. The second-order valence-electron chi connectivity index (χ2n) is 9.64. The fraction of sp³-hybridized carbons (Fsp3) is 0.219. The Morgan fingerprint density at radius 2 is 1.64 bits per heavy atom. The van der Waals surface area contributed by atoms with Crippen LogP contribution in [-0.2, 0) is 11.0 Å². The summed E-state index contributed by atoms with van der Waals surface area (Å²) < 4.78 is 41.7. The maximum Gasteiger partial charge on any atom is 0.416 e. The number of anilines is 1. The van der Waals surface area contributed by atoms with Crippen molar-refractivity contribution in [3.05, 3.63) is 123 Å². The molecule has 230 valence electrons. The van der Waals surface area contributed by atoms with Gasteiger partial charge in [-0.15, -0.1) is 0 Å². The van der Waals surface area contributed by atoms with Crippen molar-refractivity contribution in [2.75, 3.05) is 11.4 Å². The number of aromatic nitrogens is 2. The van der Waals surface area contributed by atoms with Crippen molar-refractivity contribution in [1.82, 2.24) is 15.1 Å². The molecule has 4 aromatic rings. The number of para-hydroxylation sites is 2. The normalized spacial score (nSPS) is 11.7. The summed E-state index contributed by atoms with van der Waals surface area (Å²) in [5, 5.41) is 18.9. The molecule has 0 spiro atoms. The highest BCUT2D eigenvalue weighted by Crippen LogP contribution is 2.32. The molecule has 0 aliphatic rings. The molecule has 0 atom stereocenters. The molecule has 0 aliphatic heterocycles. The number of nitro benzene ring substituents is 1. The molecule has 0 radical (unpaired) electrons. The molecule has 4 rings (SSSR count). The monoisotopic (exact) mass is 607 g/mol. The highest BCUT2D eigenvalue weighted by molar-refractivity contribution is 6.13. The van der Waals surface area contributed by atoms with Crippen LogP contribution in [0.4, 0.5) is 24.7 Å². The van der Waals surface area contributed by atoms with Gasteiger partial charge in [-0.3, -0.25) is 24.6 Å². The van der Waals surface area contributed by atoms with Gasteiger partial charge in [-0.05, 0) is 69.7 Å². The minimum Gasteiger partial charge on any atom is -0.317 e. The number of likely N-dealkylation sites (N-methyl/N-ethyl adjacent to an activating group) is 1. The zero-order valence-electron chi connectivity index (χ0n) is 23.8. The van der Waals surface area contributed by atoms with Crippen LogP contribution < -0.4 is 10.2 Å². The standard InChI is InChI=1S/C31H28F3N5O4.CH4/c1-5-37(29-19(2)21(4)36-38(29)24-14-7-6-8-15-24)30(41)27(20(3)25-16-9-10-17-26(25)39(42)43)35-28(40)22-12-11-13-23(18-22)31(32,33)34;/h6-18H,5H2,1-4H3,(H,35,40);1H4/b27-20-;. The summed E-state index contributed by atoms with van der Waals surface area (Å²) in [6.07, 6.45) is -4.70. The first kappa shape index (κ1) is 33.2. The Bertz CT molecular complexity index is 1730. The molecule has 1 N–H and O–H groups in total. The van der Waals surface area contributed by atoms with Gasteiger partial charge >= 0.3 is 6.18 Å². The van der Waals surface area contributed by atoms with Crippen molar-refractivity contribution in [3.8, 4) is 5.69 Å². The Morgan fingerprint density at radius 1 is 1.00 bits per heavy atom. The van der Waals surface area contributed by atoms with Gasteiger partial charge in [-0.25, -0.2) is 4.68 Å². The van der Waals surface area contributed by atoms with Crippen LogP contribution in [0.5, 0.6) is 0 Å². The number of hydrogen-bond donors (Lipinski definition) is 1. The number of nitrogens with one attached hydrogen (secondary N) is 1. The van der Waals surface area contributed by atoms with E-state index in [1.54, 1.807) is 37.6 Å². The van der Waals surface area contributed by atoms with Crippen LogP contribution in [0, 0.1) is 24.0 Å². The van der Waals surface area contributed by atoms with E-state index in [-0.39, 0.29) is 42.1 Å². The molecule has 0 bridgehead atoms. The molecule has 12 heteroatoms. The predicted molar refractivity (Wildman–Crippen MR) is 162 cm³/mol. The second-order valence-corrected chi connectivity index (χ2v) is 9.64. The van der Waals surface area contributed by atoms with Crippen LogP contribution in [-0.4, -0.2) is 33.1 Å². The summed E-state index contributed by atoms with van der Waals surface area (Å²) >= 11 is 0. The van der Waals surface area contributed by atoms with E-state index in [2.05, 4.69) is 10.4 Å². The first-order valence-electron chi connectivity index (χ1n) is 13.2. The van der Waals surface area contributed by atoms with Crippen molar-refractivity contribution >= 4 is 28.9 Å². The van der Waals surface area contributed by atoms with Crippen molar-refractivity contribution < 1.29 is 27.7 Å². The zero-order valence-corrected chi connectivity index (χ0v) is 23.8. The van der Waals surface area contributed by atoms with Crippen molar-refractivity contribution in [2.45, 2.75) is 41.3 Å². The lowest BCUT2D eigenvalue weighted by Gasteiger charge is -2.25. The Labute approximate surface area is 252 Å². The molecular formula is C32H32F3N5O4. The van der Waals surface area contributed by atoms with Crippen LogP contribution in [0.2, 0.25) is 0 Å². The Kier molecular flexibility index (Phi) is 10.1. The lowest BCUT2D eigenvalue weighted by molar-refractivity contribution is -0.385. The van der Waals surface area contributed by atoms with E-state index < -0.39 is 28.5 Å². The molecule has 2 amide bonds. The van der Waals surface area contributed by atoms with Gasteiger partial charge in [-0.2, -0.15) is 18.3 Å². The van der Waals surface area contributed by atoms with E-state index in [1.165, 1.54) is 42.2 Å². The Morgan fingerprint density at radius 3 is 2.25 bits per heavy atom. The van der Waals surface area contributed by atoms with Gasteiger partial charge in [-0.1, -0.05) is 43.8 Å². The fourth-order valence-electron chi connectivity index (χ4n) is 4.60. The van der Waals surface area contributed by atoms with Crippen LogP contribution in [0.25, 0.3) is 11.3 Å². The molecule has 0 fully saturated rings. The minimum absolute atomic E-state index is 0. The number of aryl methyl sites for hydroxylation is 1. The van der Waals surface area contributed by atoms with Crippen molar-refractivity contribution in [1.29, 1.82) is 0 Å². The summed E-state index contributed by atoms with van der Waals surface area (Å²) in [6, 6.07) is 18.5. The summed E-state index contributed by atoms with van der Waals surface area (Å²) in [5.74, 6) is -1.33. The number of amides is 2. The quantitative estimate of drug-likeness (QED) is 0.129. The Balaban J connectivity index is 0.00000529. The first-order chi connectivity index (χ1) is 20.3. The highest BCUT2D eigenvalue weighted by Gasteiger charge is 2.32. The van der Waals surface area contributed by atoms with Gasteiger partial charge in [0.1, 0.15) is 11.5 Å². The van der Waals surface area contributed by atoms with E-state index in [0.717, 1.165) is 12.1 Å². The average Bonchev–Trinajstić information content (AvgIpc) is 3.29. The third kappa shape index (κ3) is 6.69. The molecule has 1 heterocycles. The van der Waals surface area contributed by atoms with E-state index in [9.17, 15) is 32.9 Å². The predicted octanol–water partition coefficient (Wildman–Crippen LogP) is 7.27. The lowest BCUT2D eigenvalue weighted by Crippen LogP contribution is -2.40. The number of allylic oxidation sites excluding steroid dienone is 1. The molecule has 3 aromatic carbocycles. The van der Waals surface area contributed by atoms with Gasteiger partial charge in [0.2, 0.25) is 0 Å². The number of benzene rings is 3.